The van der Waals surface area contributed by atoms with Crippen LogP contribution in [-0.4, -0.2) is 31.0 Å². The van der Waals surface area contributed by atoms with Gasteiger partial charge in [-0.15, -0.1) is 0 Å². The fourth-order valence-corrected chi connectivity index (χ4v) is 4.43. The SMILES string of the molecule is COc1cc([C@@H]2C(C(=O)Nc3ccccc3OC)=C(C)NC3=C2C(=O)CCC3)ccc1O. The minimum absolute atomic E-state index is 0.00455. The van der Waals surface area contributed by atoms with Crippen LogP contribution in [0.15, 0.2) is 65.0 Å². The Morgan fingerprint density at radius 1 is 1.09 bits per heavy atom. The van der Waals surface area contributed by atoms with Crippen LogP contribution < -0.4 is 20.1 Å². The van der Waals surface area contributed by atoms with Crippen molar-refractivity contribution >= 4 is 17.4 Å². The van der Waals surface area contributed by atoms with E-state index in [0.717, 1.165) is 18.5 Å². The smallest absolute Gasteiger partial charge is 0.254 e. The highest BCUT2D eigenvalue weighted by atomic mass is 16.5. The Labute approximate surface area is 186 Å². The molecule has 3 N–H and O–H groups in total. The van der Waals surface area contributed by atoms with Crippen molar-refractivity contribution < 1.29 is 24.2 Å². The number of carbonyl (C=O) groups is 2. The summed E-state index contributed by atoms with van der Waals surface area (Å²) < 4.78 is 10.7. The van der Waals surface area contributed by atoms with Crippen molar-refractivity contribution in [2.45, 2.75) is 32.1 Å². The van der Waals surface area contributed by atoms with Crippen LogP contribution in [0.3, 0.4) is 0 Å². The molecule has 0 fully saturated rings. The molecule has 1 aliphatic heterocycles. The number of ketones is 1. The number of phenolic OH excluding ortho intramolecular Hbond substituents is 1. The third-order valence-corrected chi connectivity index (χ3v) is 5.91. The third kappa shape index (κ3) is 3.82. The van der Waals surface area contributed by atoms with Crippen molar-refractivity contribution in [1.82, 2.24) is 5.32 Å². The number of carbonyl (C=O) groups excluding carboxylic acids is 2. The number of benzene rings is 2. The summed E-state index contributed by atoms with van der Waals surface area (Å²) in [6.07, 6.45) is 1.95. The molecule has 0 saturated heterocycles. The first-order valence-corrected chi connectivity index (χ1v) is 10.5. The van der Waals surface area contributed by atoms with Crippen LogP contribution in [0.25, 0.3) is 0 Å². The van der Waals surface area contributed by atoms with Gasteiger partial charge in [0.15, 0.2) is 17.3 Å². The van der Waals surface area contributed by atoms with E-state index in [2.05, 4.69) is 10.6 Å². The second-order valence-corrected chi connectivity index (χ2v) is 7.85. The molecule has 0 aromatic heterocycles. The largest absolute Gasteiger partial charge is 0.504 e. The van der Waals surface area contributed by atoms with Gasteiger partial charge < -0.3 is 25.2 Å². The molecule has 2 aliphatic rings. The fourth-order valence-electron chi connectivity index (χ4n) is 4.43. The van der Waals surface area contributed by atoms with E-state index in [1.807, 2.05) is 19.1 Å². The molecule has 0 saturated carbocycles. The summed E-state index contributed by atoms with van der Waals surface area (Å²) in [6, 6.07) is 12.1. The first-order valence-electron chi connectivity index (χ1n) is 10.5. The molecule has 166 valence electrons. The zero-order valence-electron chi connectivity index (χ0n) is 18.3. The molecule has 32 heavy (non-hydrogen) atoms. The molecule has 2 aromatic rings. The Hall–Kier alpha value is -3.74. The van der Waals surface area contributed by atoms with Crippen molar-refractivity contribution in [3.05, 3.63) is 70.6 Å². The Morgan fingerprint density at radius 2 is 1.84 bits per heavy atom. The number of para-hydroxylation sites is 2. The Kier molecular flexibility index (Phi) is 5.90. The zero-order chi connectivity index (χ0) is 22.8. The Bertz CT molecular complexity index is 1150. The van der Waals surface area contributed by atoms with Crippen LogP contribution >= 0.6 is 0 Å². The molecule has 1 aliphatic carbocycles. The number of rotatable bonds is 5. The lowest BCUT2D eigenvalue weighted by Gasteiger charge is -2.34. The predicted molar refractivity (Wildman–Crippen MR) is 121 cm³/mol. The van der Waals surface area contributed by atoms with Gasteiger partial charge in [-0.2, -0.15) is 0 Å². The number of Topliss-reactive ketones (excluding diaryl/α,β-unsaturated/α-hetero) is 1. The molecule has 1 amide bonds. The number of amides is 1. The van der Waals surface area contributed by atoms with Crippen molar-refractivity contribution in [1.29, 1.82) is 0 Å². The van der Waals surface area contributed by atoms with Crippen molar-refractivity contribution in [3.63, 3.8) is 0 Å². The molecular weight excluding hydrogens is 408 g/mol. The minimum Gasteiger partial charge on any atom is -0.504 e. The normalized spacial score (nSPS) is 18.1. The number of aromatic hydroxyl groups is 1. The zero-order valence-corrected chi connectivity index (χ0v) is 18.3. The fraction of sp³-hybridized carbons (Fsp3) is 0.280. The van der Waals surface area contributed by atoms with E-state index >= 15 is 0 Å². The van der Waals surface area contributed by atoms with Crippen LogP contribution in [0.5, 0.6) is 17.2 Å². The van der Waals surface area contributed by atoms with E-state index in [-0.39, 0.29) is 23.2 Å². The molecule has 2 aromatic carbocycles. The summed E-state index contributed by atoms with van der Waals surface area (Å²) in [5, 5.41) is 16.3. The number of hydrogen-bond acceptors (Lipinski definition) is 6. The van der Waals surface area contributed by atoms with Gasteiger partial charge in [-0.1, -0.05) is 18.2 Å². The lowest BCUT2D eigenvalue weighted by atomic mass is 9.75. The standard InChI is InChI=1S/C25H26N2O5/c1-14-22(25(30)27-16-7-4-5-10-20(16)31-2)23(15-11-12-18(28)21(13-15)32-3)24-17(26-14)8-6-9-19(24)29/h4-5,7,10-13,23,26,28H,6,8-9H2,1-3H3,(H,27,30)/t23-/m1/s1. The van der Waals surface area contributed by atoms with Gasteiger partial charge in [0.25, 0.3) is 5.91 Å². The molecule has 0 radical (unpaired) electrons. The molecule has 0 unspecified atom stereocenters. The van der Waals surface area contributed by atoms with E-state index in [1.54, 1.807) is 31.4 Å². The lowest BCUT2D eigenvalue weighted by Crippen LogP contribution is -2.35. The summed E-state index contributed by atoms with van der Waals surface area (Å²) in [5.74, 6) is -0.0707. The molecule has 0 bridgehead atoms. The van der Waals surface area contributed by atoms with Crippen molar-refractivity contribution in [3.8, 4) is 17.2 Å². The van der Waals surface area contributed by atoms with Gasteiger partial charge in [0, 0.05) is 34.9 Å². The highest BCUT2D eigenvalue weighted by molar-refractivity contribution is 6.10. The third-order valence-electron chi connectivity index (χ3n) is 5.91. The van der Waals surface area contributed by atoms with Gasteiger partial charge in [-0.25, -0.2) is 0 Å². The van der Waals surface area contributed by atoms with Crippen LogP contribution in [0.4, 0.5) is 5.69 Å². The van der Waals surface area contributed by atoms with Gasteiger partial charge in [0.1, 0.15) is 5.75 Å². The van der Waals surface area contributed by atoms with Crippen LogP contribution in [0.1, 0.15) is 37.7 Å². The Morgan fingerprint density at radius 3 is 2.59 bits per heavy atom. The number of nitrogens with one attached hydrogen (secondary N) is 2. The van der Waals surface area contributed by atoms with E-state index in [9.17, 15) is 14.7 Å². The summed E-state index contributed by atoms with van der Waals surface area (Å²) in [5.41, 5.74) is 3.82. The summed E-state index contributed by atoms with van der Waals surface area (Å²) >= 11 is 0. The van der Waals surface area contributed by atoms with Crippen LogP contribution in [-0.2, 0) is 9.59 Å². The number of phenols is 1. The average Bonchev–Trinajstić information content (AvgIpc) is 2.79. The molecule has 0 spiro atoms. The number of dihydropyridines is 1. The number of anilines is 1. The van der Waals surface area contributed by atoms with E-state index < -0.39 is 5.92 Å². The number of hydrogen-bond donors (Lipinski definition) is 3. The highest BCUT2D eigenvalue weighted by Gasteiger charge is 2.38. The van der Waals surface area contributed by atoms with Crippen LogP contribution in [0, 0.1) is 0 Å². The molecule has 1 atom stereocenters. The molecular formula is C25H26N2O5. The average molecular weight is 434 g/mol. The molecule has 7 nitrogen and oxygen atoms in total. The second-order valence-electron chi connectivity index (χ2n) is 7.85. The summed E-state index contributed by atoms with van der Waals surface area (Å²) in [7, 11) is 3.01. The number of ether oxygens (including phenoxy) is 2. The quantitative estimate of drug-likeness (QED) is 0.658. The van der Waals surface area contributed by atoms with E-state index in [1.165, 1.54) is 13.2 Å². The summed E-state index contributed by atoms with van der Waals surface area (Å²) in [6.45, 7) is 1.84. The topological polar surface area (TPSA) is 96.9 Å². The van der Waals surface area contributed by atoms with Gasteiger partial charge in [0.05, 0.1) is 19.9 Å². The van der Waals surface area contributed by atoms with Crippen molar-refractivity contribution in [2.24, 2.45) is 0 Å². The van der Waals surface area contributed by atoms with E-state index in [4.69, 9.17) is 9.47 Å². The van der Waals surface area contributed by atoms with Crippen molar-refractivity contribution in [2.75, 3.05) is 19.5 Å². The minimum atomic E-state index is -0.580. The van der Waals surface area contributed by atoms with Gasteiger partial charge in [0.2, 0.25) is 0 Å². The molecule has 4 rings (SSSR count). The predicted octanol–water partition coefficient (Wildman–Crippen LogP) is 4.02. The summed E-state index contributed by atoms with van der Waals surface area (Å²) in [4.78, 5) is 26.6. The van der Waals surface area contributed by atoms with Gasteiger partial charge >= 0.3 is 0 Å². The number of methoxy groups -OCH3 is 2. The van der Waals surface area contributed by atoms with E-state index in [0.29, 0.717) is 40.3 Å². The molecule has 1 heterocycles. The maximum Gasteiger partial charge on any atom is 0.254 e. The maximum atomic E-state index is 13.6. The van der Waals surface area contributed by atoms with Crippen LogP contribution in [0.2, 0.25) is 0 Å². The molecule has 7 heteroatoms. The number of allylic oxidation sites excluding steroid dienone is 3. The lowest BCUT2D eigenvalue weighted by molar-refractivity contribution is -0.116. The monoisotopic (exact) mass is 434 g/mol. The highest BCUT2D eigenvalue weighted by Crippen LogP contribution is 2.44. The maximum absolute atomic E-state index is 13.6. The first-order chi connectivity index (χ1) is 15.4. The van der Waals surface area contributed by atoms with Gasteiger partial charge in [-0.05, 0) is 49.6 Å². The first kappa shape index (κ1) is 21.5. The Balaban J connectivity index is 1.82. The second kappa shape index (κ2) is 8.78. The van der Waals surface area contributed by atoms with Gasteiger partial charge in [-0.3, -0.25) is 9.59 Å².